The van der Waals surface area contributed by atoms with Gasteiger partial charge in [0.05, 0.1) is 0 Å². The molecule has 2 aromatic carbocycles. The first-order valence-corrected chi connectivity index (χ1v) is 7.01. The number of benzene rings is 2. The van der Waals surface area contributed by atoms with E-state index in [0.29, 0.717) is 18.0 Å². The molecule has 0 fully saturated rings. The maximum Gasteiger partial charge on any atom is 0.313 e. The van der Waals surface area contributed by atoms with Gasteiger partial charge in [-0.15, -0.1) is 0 Å². The zero-order valence-corrected chi connectivity index (χ0v) is 12.4. The number of halogens is 2. The summed E-state index contributed by atoms with van der Waals surface area (Å²) in [5.41, 5.74) is 1.19. The Hall–Kier alpha value is -2.40. The first-order valence-electron chi connectivity index (χ1n) is 6.64. The molecule has 0 aliphatic rings. The molecule has 0 heterocycles. The Morgan fingerprint density at radius 2 is 1.82 bits per heavy atom. The Kier molecular flexibility index (Phi) is 5.49. The van der Waals surface area contributed by atoms with Gasteiger partial charge in [-0.2, -0.15) is 0 Å². The maximum absolute atomic E-state index is 13.0. The van der Waals surface area contributed by atoms with Crippen LogP contribution in [0.25, 0.3) is 0 Å². The van der Waals surface area contributed by atoms with Crippen LogP contribution in [-0.2, 0) is 16.0 Å². The van der Waals surface area contributed by atoms with Crippen molar-refractivity contribution in [3.8, 4) is 0 Å². The molecule has 2 aromatic rings. The molecular weight excluding hydrogens is 307 g/mol. The van der Waals surface area contributed by atoms with Crippen molar-refractivity contribution in [2.75, 3.05) is 11.9 Å². The minimum absolute atomic E-state index is 0.231. The molecule has 0 atom stereocenters. The number of rotatable bonds is 4. The van der Waals surface area contributed by atoms with Crippen molar-refractivity contribution in [2.24, 2.45) is 0 Å². The van der Waals surface area contributed by atoms with Crippen LogP contribution in [0.1, 0.15) is 5.56 Å². The number of nitrogens with one attached hydrogen (secondary N) is 2. The van der Waals surface area contributed by atoms with E-state index in [9.17, 15) is 14.0 Å². The monoisotopic (exact) mass is 320 g/mol. The van der Waals surface area contributed by atoms with E-state index >= 15 is 0 Å². The summed E-state index contributed by atoms with van der Waals surface area (Å²) in [4.78, 5) is 23.3. The largest absolute Gasteiger partial charge is 0.347 e. The molecule has 0 spiro atoms. The molecule has 0 saturated heterocycles. The van der Waals surface area contributed by atoms with E-state index in [1.807, 2.05) is 12.1 Å². The van der Waals surface area contributed by atoms with Gasteiger partial charge in [0.2, 0.25) is 0 Å². The molecule has 0 unspecified atom stereocenters. The molecule has 0 aromatic heterocycles. The van der Waals surface area contributed by atoms with Gasteiger partial charge in [-0.1, -0.05) is 29.8 Å². The Bertz CT molecular complexity index is 691. The predicted molar refractivity (Wildman–Crippen MR) is 83.2 cm³/mol. The number of carbonyl (C=O) groups excluding carboxylic acids is 2. The van der Waals surface area contributed by atoms with Crippen molar-refractivity contribution in [3.63, 3.8) is 0 Å². The molecule has 2 amide bonds. The first kappa shape index (κ1) is 16.0. The molecule has 6 heteroatoms. The highest BCUT2D eigenvalue weighted by molar-refractivity contribution is 6.39. The van der Waals surface area contributed by atoms with Gasteiger partial charge in [0.1, 0.15) is 5.82 Å². The quantitative estimate of drug-likeness (QED) is 0.851. The zero-order chi connectivity index (χ0) is 15.9. The summed E-state index contributed by atoms with van der Waals surface area (Å²) < 4.78 is 13.0. The topological polar surface area (TPSA) is 58.2 Å². The highest BCUT2D eigenvalue weighted by atomic mass is 35.5. The minimum atomic E-state index is -0.836. The van der Waals surface area contributed by atoms with Crippen LogP contribution >= 0.6 is 11.6 Å². The van der Waals surface area contributed by atoms with Gasteiger partial charge in [-0.25, -0.2) is 4.39 Å². The maximum atomic E-state index is 13.0. The van der Waals surface area contributed by atoms with Gasteiger partial charge >= 0.3 is 11.8 Å². The van der Waals surface area contributed by atoms with Gasteiger partial charge in [-0.3, -0.25) is 9.59 Å². The lowest BCUT2D eigenvalue weighted by Crippen LogP contribution is -2.36. The SMILES string of the molecule is O=C(NCCc1cccc(Cl)c1)C(=O)Nc1cccc(F)c1. The van der Waals surface area contributed by atoms with Gasteiger partial charge in [-0.05, 0) is 42.3 Å². The summed E-state index contributed by atoms with van der Waals surface area (Å²) >= 11 is 5.86. The summed E-state index contributed by atoms with van der Waals surface area (Å²) in [5.74, 6) is -2.10. The molecular formula is C16H14ClFN2O2. The highest BCUT2D eigenvalue weighted by Gasteiger charge is 2.13. The molecule has 0 aliphatic heterocycles. The predicted octanol–water partition coefficient (Wildman–Crippen LogP) is 2.78. The van der Waals surface area contributed by atoms with E-state index in [0.717, 1.165) is 11.6 Å². The fraction of sp³-hybridized carbons (Fsp3) is 0.125. The van der Waals surface area contributed by atoms with Gasteiger partial charge in [0.15, 0.2) is 0 Å². The third-order valence-electron chi connectivity index (χ3n) is 2.88. The molecule has 22 heavy (non-hydrogen) atoms. The van der Waals surface area contributed by atoms with Crippen LogP contribution in [0.4, 0.5) is 10.1 Å². The van der Waals surface area contributed by atoms with Crippen molar-refractivity contribution in [1.29, 1.82) is 0 Å². The average Bonchev–Trinajstić information content (AvgIpc) is 2.47. The summed E-state index contributed by atoms with van der Waals surface area (Å²) in [7, 11) is 0. The van der Waals surface area contributed by atoms with Gasteiger partial charge in [0.25, 0.3) is 0 Å². The molecule has 0 bridgehead atoms. The lowest BCUT2D eigenvalue weighted by atomic mass is 10.1. The van der Waals surface area contributed by atoms with Crippen LogP contribution in [0.2, 0.25) is 5.02 Å². The van der Waals surface area contributed by atoms with Crippen LogP contribution in [0, 0.1) is 5.82 Å². The number of hydrogen-bond acceptors (Lipinski definition) is 2. The molecule has 4 nitrogen and oxygen atoms in total. The molecule has 2 N–H and O–H groups in total. The van der Waals surface area contributed by atoms with Crippen molar-refractivity contribution in [3.05, 3.63) is 64.9 Å². The van der Waals surface area contributed by atoms with Gasteiger partial charge in [0, 0.05) is 17.3 Å². The molecule has 0 radical (unpaired) electrons. The normalized spacial score (nSPS) is 10.1. The highest BCUT2D eigenvalue weighted by Crippen LogP contribution is 2.11. The van der Waals surface area contributed by atoms with E-state index < -0.39 is 17.6 Å². The smallest absolute Gasteiger partial charge is 0.313 e. The lowest BCUT2D eigenvalue weighted by molar-refractivity contribution is -0.136. The summed E-state index contributed by atoms with van der Waals surface area (Å²) in [6, 6.07) is 12.6. The third-order valence-corrected chi connectivity index (χ3v) is 3.11. The Morgan fingerprint density at radius 1 is 1.05 bits per heavy atom. The van der Waals surface area contributed by atoms with E-state index in [4.69, 9.17) is 11.6 Å². The number of hydrogen-bond donors (Lipinski definition) is 2. The second-order valence-electron chi connectivity index (χ2n) is 4.60. The zero-order valence-electron chi connectivity index (χ0n) is 11.6. The molecule has 0 aliphatic carbocycles. The second kappa shape index (κ2) is 7.56. The number of anilines is 1. The Balaban J connectivity index is 1.80. The van der Waals surface area contributed by atoms with Crippen LogP contribution in [0.15, 0.2) is 48.5 Å². The Morgan fingerprint density at radius 3 is 2.55 bits per heavy atom. The number of amides is 2. The van der Waals surface area contributed by atoms with Crippen LogP contribution in [0.3, 0.4) is 0 Å². The lowest BCUT2D eigenvalue weighted by Gasteiger charge is -2.07. The third kappa shape index (κ3) is 4.86. The Labute approximate surface area is 132 Å². The van der Waals surface area contributed by atoms with Crippen molar-refractivity contribution in [2.45, 2.75) is 6.42 Å². The van der Waals surface area contributed by atoms with E-state index in [1.165, 1.54) is 18.2 Å². The first-order chi connectivity index (χ1) is 10.5. The summed E-state index contributed by atoms with van der Waals surface area (Å²) in [5, 5.41) is 5.44. The fourth-order valence-corrected chi connectivity index (χ4v) is 2.06. The van der Waals surface area contributed by atoms with Crippen molar-refractivity contribution >= 4 is 29.1 Å². The molecule has 114 valence electrons. The number of carbonyl (C=O) groups is 2. The van der Waals surface area contributed by atoms with Crippen LogP contribution in [-0.4, -0.2) is 18.4 Å². The molecule has 2 rings (SSSR count). The summed E-state index contributed by atoms with van der Waals surface area (Å²) in [6.07, 6.45) is 0.555. The van der Waals surface area contributed by atoms with Crippen molar-refractivity contribution in [1.82, 2.24) is 5.32 Å². The van der Waals surface area contributed by atoms with Gasteiger partial charge < -0.3 is 10.6 Å². The van der Waals surface area contributed by atoms with Crippen molar-refractivity contribution < 1.29 is 14.0 Å². The average molecular weight is 321 g/mol. The van der Waals surface area contributed by atoms with E-state index in [-0.39, 0.29) is 5.69 Å². The van der Waals surface area contributed by atoms with Crippen LogP contribution < -0.4 is 10.6 Å². The van der Waals surface area contributed by atoms with E-state index in [2.05, 4.69) is 10.6 Å². The second-order valence-corrected chi connectivity index (χ2v) is 5.04. The molecule has 0 saturated carbocycles. The van der Waals surface area contributed by atoms with Crippen LogP contribution in [0.5, 0.6) is 0 Å². The minimum Gasteiger partial charge on any atom is -0.347 e. The van der Waals surface area contributed by atoms with E-state index in [1.54, 1.807) is 12.1 Å². The summed E-state index contributed by atoms with van der Waals surface area (Å²) in [6.45, 7) is 0.301. The fourth-order valence-electron chi connectivity index (χ4n) is 1.85. The standard InChI is InChI=1S/C16H14ClFN2O2/c17-12-4-1-3-11(9-12)7-8-19-15(21)16(22)20-14-6-2-5-13(18)10-14/h1-6,9-10H,7-8H2,(H,19,21)(H,20,22).